The lowest BCUT2D eigenvalue weighted by Gasteiger charge is -2.37. The van der Waals surface area contributed by atoms with Crippen LogP contribution in [0.1, 0.15) is 23.5 Å². The molecule has 0 bridgehead atoms. The van der Waals surface area contributed by atoms with Crippen LogP contribution in [-0.2, 0) is 4.79 Å². The van der Waals surface area contributed by atoms with E-state index in [9.17, 15) is 4.79 Å². The minimum atomic E-state index is 0.0665. The van der Waals surface area contributed by atoms with E-state index in [4.69, 9.17) is 11.6 Å². The molecule has 0 aromatic heterocycles. The smallest absolute Gasteiger partial charge is 0.229 e. The molecule has 1 aromatic carbocycles. The summed E-state index contributed by atoms with van der Waals surface area (Å²) in [5.74, 6) is 0.535. The minimum absolute atomic E-state index is 0.0665. The Morgan fingerprint density at radius 2 is 2.18 bits per heavy atom. The summed E-state index contributed by atoms with van der Waals surface area (Å²) in [5, 5.41) is 7.01. The summed E-state index contributed by atoms with van der Waals surface area (Å²) < 4.78 is 0. The molecule has 0 radical (unpaired) electrons. The van der Waals surface area contributed by atoms with Crippen molar-refractivity contribution >= 4 is 23.2 Å². The Morgan fingerprint density at radius 3 is 3.00 bits per heavy atom. The number of fused-ring (bicyclic) bond motifs is 3. The summed E-state index contributed by atoms with van der Waals surface area (Å²) in [5.41, 5.74) is 3.16. The predicted molar refractivity (Wildman–Crippen MR) is 68.5 cm³/mol. The second kappa shape index (κ2) is 4.00. The zero-order chi connectivity index (χ0) is 12.0. The van der Waals surface area contributed by atoms with Crippen molar-refractivity contribution in [2.75, 3.05) is 18.4 Å². The standard InChI is InChI=1S/C13H15ClN2O/c1-7-11(14)3-2-9-8-4-5-15-6-10(8)13(17)16-12(7)9/h2-3,8,10,15H,4-6H2,1H3,(H,16,17). The molecule has 17 heavy (non-hydrogen) atoms. The molecule has 3 rings (SSSR count). The maximum Gasteiger partial charge on any atom is 0.229 e. The van der Waals surface area contributed by atoms with Gasteiger partial charge in [-0.05, 0) is 43.0 Å². The molecule has 3 nitrogen and oxygen atoms in total. The second-order valence-electron chi connectivity index (χ2n) is 4.83. The molecule has 2 aliphatic rings. The van der Waals surface area contributed by atoms with Crippen LogP contribution in [0.5, 0.6) is 0 Å². The number of carbonyl (C=O) groups is 1. The summed E-state index contributed by atoms with van der Waals surface area (Å²) >= 11 is 6.10. The van der Waals surface area contributed by atoms with E-state index in [0.717, 1.165) is 35.8 Å². The Kier molecular flexibility index (Phi) is 2.60. The van der Waals surface area contributed by atoms with E-state index in [1.54, 1.807) is 0 Å². The van der Waals surface area contributed by atoms with E-state index < -0.39 is 0 Å². The van der Waals surface area contributed by atoms with Crippen LogP contribution >= 0.6 is 11.6 Å². The van der Waals surface area contributed by atoms with Gasteiger partial charge >= 0.3 is 0 Å². The summed E-state index contributed by atoms with van der Waals surface area (Å²) in [7, 11) is 0. The number of piperidine rings is 1. The van der Waals surface area contributed by atoms with Gasteiger partial charge in [-0.15, -0.1) is 0 Å². The number of benzene rings is 1. The third kappa shape index (κ3) is 1.65. The fraction of sp³-hybridized carbons (Fsp3) is 0.462. The number of hydrogen-bond acceptors (Lipinski definition) is 2. The maximum absolute atomic E-state index is 12.1. The van der Waals surface area contributed by atoms with Gasteiger partial charge < -0.3 is 10.6 Å². The van der Waals surface area contributed by atoms with E-state index in [2.05, 4.69) is 16.7 Å². The van der Waals surface area contributed by atoms with Crippen molar-refractivity contribution < 1.29 is 4.79 Å². The highest BCUT2D eigenvalue weighted by Crippen LogP contribution is 2.42. The van der Waals surface area contributed by atoms with E-state index in [1.807, 2.05) is 13.0 Å². The Labute approximate surface area is 106 Å². The van der Waals surface area contributed by atoms with Gasteiger partial charge in [-0.3, -0.25) is 4.79 Å². The molecule has 2 heterocycles. The van der Waals surface area contributed by atoms with Crippen LogP contribution in [0.4, 0.5) is 5.69 Å². The number of carbonyl (C=O) groups excluding carboxylic acids is 1. The molecule has 4 heteroatoms. The Hall–Kier alpha value is -1.06. The number of nitrogens with one attached hydrogen (secondary N) is 2. The van der Waals surface area contributed by atoms with Gasteiger partial charge in [0.05, 0.1) is 5.92 Å². The number of halogens is 1. The van der Waals surface area contributed by atoms with Crippen molar-refractivity contribution in [2.45, 2.75) is 19.3 Å². The highest BCUT2D eigenvalue weighted by atomic mass is 35.5. The summed E-state index contributed by atoms with van der Waals surface area (Å²) in [6.45, 7) is 3.72. The molecule has 1 saturated heterocycles. The Bertz CT molecular complexity index is 487. The van der Waals surface area contributed by atoms with Crippen molar-refractivity contribution in [1.29, 1.82) is 0 Å². The quantitative estimate of drug-likeness (QED) is 0.742. The molecule has 1 fully saturated rings. The lowest BCUT2D eigenvalue weighted by molar-refractivity contribution is -0.121. The molecule has 0 spiro atoms. The molecule has 1 amide bonds. The van der Waals surface area contributed by atoms with Crippen LogP contribution in [-0.4, -0.2) is 19.0 Å². The normalized spacial score (nSPS) is 27.1. The van der Waals surface area contributed by atoms with Crippen LogP contribution in [0, 0.1) is 12.8 Å². The van der Waals surface area contributed by atoms with E-state index in [0.29, 0.717) is 5.92 Å². The highest BCUT2D eigenvalue weighted by Gasteiger charge is 2.37. The first-order chi connectivity index (χ1) is 8.18. The van der Waals surface area contributed by atoms with Gasteiger partial charge in [0.15, 0.2) is 0 Å². The average molecular weight is 251 g/mol. The predicted octanol–water partition coefficient (Wildman–Crippen LogP) is 2.29. The van der Waals surface area contributed by atoms with Crippen LogP contribution in [0.3, 0.4) is 0 Å². The minimum Gasteiger partial charge on any atom is -0.325 e. The van der Waals surface area contributed by atoms with Gasteiger partial charge in [0.25, 0.3) is 0 Å². The van der Waals surface area contributed by atoms with E-state index in [1.165, 1.54) is 5.56 Å². The van der Waals surface area contributed by atoms with Gasteiger partial charge in [0, 0.05) is 17.3 Å². The van der Waals surface area contributed by atoms with Crippen molar-refractivity contribution in [3.8, 4) is 0 Å². The van der Waals surface area contributed by atoms with E-state index >= 15 is 0 Å². The Morgan fingerprint density at radius 1 is 1.35 bits per heavy atom. The SMILES string of the molecule is Cc1c(Cl)ccc2c1NC(=O)C1CNCCC21. The zero-order valence-corrected chi connectivity index (χ0v) is 10.5. The lowest BCUT2D eigenvalue weighted by Crippen LogP contribution is -2.45. The summed E-state index contributed by atoms with van der Waals surface area (Å²) in [6.07, 6.45) is 1.02. The van der Waals surface area contributed by atoms with Gasteiger partial charge in [0.2, 0.25) is 5.91 Å². The highest BCUT2D eigenvalue weighted by molar-refractivity contribution is 6.32. The van der Waals surface area contributed by atoms with E-state index in [-0.39, 0.29) is 11.8 Å². The van der Waals surface area contributed by atoms with Crippen molar-refractivity contribution in [3.63, 3.8) is 0 Å². The molecule has 2 atom stereocenters. The lowest BCUT2D eigenvalue weighted by atomic mass is 9.77. The van der Waals surface area contributed by atoms with Gasteiger partial charge in [-0.25, -0.2) is 0 Å². The monoisotopic (exact) mass is 250 g/mol. The first-order valence-corrected chi connectivity index (χ1v) is 6.37. The van der Waals surface area contributed by atoms with Crippen LogP contribution in [0.2, 0.25) is 5.02 Å². The molecular weight excluding hydrogens is 236 g/mol. The summed E-state index contributed by atoms with van der Waals surface area (Å²) in [6, 6.07) is 4.00. The molecule has 90 valence electrons. The molecule has 2 aliphatic heterocycles. The van der Waals surface area contributed by atoms with Crippen LogP contribution in [0.15, 0.2) is 12.1 Å². The zero-order valence-electron chi connectivity index (χ0n) is 9.72. The third-order valence-corrected chi connectivity index (χ3v) is 4.31. The fourth-order valence-electron chi connectivity index (χ4n) is 2.90. The van der Waals surface area contributed by atoms with Crippen molar-refractivity contribution in [1.82, 2.24) is 5.32 Å². The number of rotatable bonds is 0. The van der Waals surface area contributed by atoms with Gasteiger partial charge in [-0.2, -0.15) is 0 Å². The summed E-state index contributed by atoms with van der Waals surface area (Å²) in [4.78, 5) is 12.1. The van der Waals surface area contributed by atoms with Crippen molar-refractivity contribution in [3.05, 3.63) is 28.3 Å². The Balaban J connectivity index is 2.12. The first-order valence-electron chi connectivity index (χ1n) is 5.99. The molecule has 1 aromatic rings. The second-order valence-corrected chi connectivity index (χ2v) is 5.24. The van der Waals surface area contributed by atoms with Crippen molar-refractivity contribution in [2.24, 2.45) is 5.92 Å². The van der Waals surface area contributed by atoms with Gasteiger partial charge in [0.1, 0.15) is 0 Å². The average Bonchev–Trinajstić information content (AvgIpc) is 2.35. The molecule has 2 unspecified atom stereocenters. The maximum atomic E-state index is 12.1. The topological polar surface area (TPSA) is 41.1 Å². The molecule has 0 aliphatic carbocycles. The fourth-order valence-corrected chi connectivity index (χ4v) is 3.06. The van der Waals surface area contributed by atoms with Crippen LogP contribution < -0.4 is 10.6 Å². The number of hydrogen-bond donors (Lipinski definition) is 2. The largest absolute Gasteiger partial charge is 0.325 e. The third-order valence-electron chi connectivity index (χ3n) is 3.90. The van der Waals surface area contributed by atoms with Gasteiger partial charge in [-0.1, -0.05) is 17.7 Å². The first kappa shape index (κ1) is 11.1. The number of amides is 1. The van der Waals surface area contributed by atoms with Crippen LogP contribution in [0.25, 0.3) is 0 Å². The molecule has 2 N–H and O–H groups in total. The number of anilines is 1. The molecule has 0 saturated carbocycles. The molecular formula is C13H15ClN2O.